The summed E-state index contributed by atoms with van der Waals surface area (Å²) in [5.74, 6) is 2.69. The first-order valence-electron chi connectivity index (χ1n) is 12.0. The van der Waals surface area contributed by atoms with Crippen molar-refractivity contribution >= 4 is 45.8 Å². The minimum absolute atomic E-state index is 0.411. The number of hydrogen-bond donors (Lipinski definition) is 0. The topological polar surface area (TPSA) is 74.4 Å². The van der Waals surface area contributed by atoms with Crippen molar-refractivity contribution in [3.8, 4) is 17.3 Å². The van der Waals surface area contributed by atoms with Gasteiger partial charge in [0.25, 0.3) is 0 Å². The maximum Gasteiger partial charge on any atom is 0.338 e. The number of imidazole rings is 1. The molecule has 0 N–H and O–H groups in total. The first-order valence-corrected chi connectivity index (χ1v) is 13.2. The van der Waals surface area contributed by atoms with E-state index in [1.54, 1.807) is 31.2 Å². The number of hydrogen-bond acceptors (Lipinski definition) is 7. The fraction of sp³-hybridized carbons (Fsp3) is 0.423. The number of carbonyl (C=O) groups is 1. The van der Waals surface area contributed by atoms with E-state index < -0.39 is 5.97 Å². The van der Waals surface area contributed by atoms with Crippen LogP contribution in [0.5, 0.6) is 5.75 Å². The van der Waals surface area contributed by atoms with Gasteiger partial charge >= 0.3 is 5.97 Å². The smallest absolute Gasteiger partial charge is 0.338 e. The molecule has 9 heteroatoms. The van der Waals surface area contributed by atoms with E-state index in [0.29, 0.717) is 28.8 Å². The highest BCUT2D eigenvalue weighted by molar-refractivity contribution is 8.00. The third-order valence-corrected chi connectivity index (χ3v) is 7.85. The van der Waals surface area contributed by atoms with E-state index in [2.05, 4.69) is 33.3 Å². The molecular formula is C26H29N5O3S. The number of esters is 1. The van der Waals surface area contributed by atoms with Gasteiger partial charge in [-0.3, -0.25) is 4.31 Å². The molecule has 0 amide bonds. The number of carbonyl (C=O) groups excluding carboxylic acids is 1. The number of fused-ring (bicyclic) bond motifs is 2. The first kappa shape index (κ1) is 22.3. The number of anilines is 1. The standard InChI is InChI=1S/C26H29N5O3S/c1-29-23-19(11-17(26(32)34-3)13-21(23)33-2)27-25(29)20-12-16-7-10-22(31(35-4)18-8-9-18)28-24(16)30(20)14-15-5-6-15/h7,10-13,15,18H,5-6,8-9,14H2,1-4H3. The van der Waals surface area contributed by atoms with Crippen molar-refractivity contribution in [1.82, 2.24) is 19.1 Å². The van der Waals surface area contributed by atoms with Gasteiger partial charge in [0, 0.05) is 31.3 Å². The van der Waals surface area contributed by atoms with Crippen molar-refractivity contribution in [2.75, 3.05) is 24.8 Å². The third-order valence-electron chi connectivity index (χ3n) is 6.97. The summed E-state index contributed by atoms with van der Waals surface area (Å²) in [5, 5.41) is 1.11. The number of rotatable bonds is 8. The molecule has 2 saturated carbocycles. The van der Waals surface area contributed by atoms with Gasteiger partial charge in [0.2, 0.25) is 0 Å². The molecule has 0 unspecified atom stereocenters. The lowest BCUT2D eigenvalue weighted by molar-refractivity contribution is 0.0600. The van der Waals surface area contributed by atoms with Crippen molar-refractivity contribution in [3.05, 3.63) is 35.9 Å². The van der Waals surface area contributed by atoms with Crippen LogP contribution in [0.15, 0.2) is 30.3 Å². The molecule has 0 bridgehead atoms. The number of ether oxygens (including phenoxy) is 2. The van der Waals surface area contributed by atoms with Crippen LogP contribution in [-0.4, -0.2) is 51.6 Å². The largest absolute Gasteiger partial charge is 0.494 e. The van der Waals surface area contributed by atoms with Crippen molar-refractivity contribution in [2.24, 2.45) is 13.0 Å². The van der Waals surface area contributed by atoms with Gasteiger partial charge < -0.3 is 18.6 Å². The van der Waals surface area contributed by atoms with Gasteiger partial charge in [-0.05, 0) is 61.9 Å². The second kappa shape index (κ2) is 8.48. The van der Waals surface area contributed by atoms with Crippen molar-refractivity contribution < 1.29 is 14.3 Å². The molecule has 6 rings (SSSR count). The number of aromatic nitrogens is 4. The molecular weight excluding hydrogens is 462 g/mol. The lowest BCUT2D eigenvalue weighted by Gasteiger charge is -2.20. The van der Waals surface area contributed by atoms with E-state index in [9.17, 15) is 4.79 Å². The van der Waals surface area contributed by atoms with Crippen LogP contribution in [0, 0.1) is 5.92 Å². The van der Waals surface area contributed by atoms with Crippen molar-refractivity contribution in [1.29, 1.82) is 0 Å². The zero-order valence-corrected chi connectivity index (χ0v) is 21.3. The summed E-state index contributed by atoms with van der Waals surface area (Å²) in [6.07, 6.45) is 7.07. The normalized spacial score (nSPS) is 15.7. The van der Waals surface area contributed by atoms with Gasteiger partial charge in [0.1, 0.15) is 22.7 Å². The molecule has 1 aromatic carbocycles. The Labute approximate surface area is 208 Å². The summed E-state index contributed by atoms with van der Waals surface area (Å²) in [5.41, 5.74) is 3.98. The summed E-state index contributed by atoms with van der Waals surface area (Å²) >= 11 is 1.75. The average Bonchev–Trinajstić information content (AvgIpc) is 3.80. The van der Waals surface area contributed by atoms with Gasteiger partial charge in [-0.15, -0.1) is 0 Å². The van der Waals surface area contributed by atoms with Crippen LogP contribution >= 0.6 is 11.9 Å². The van der Waals surface area contributed by atoms with Crippen LogP contribution in [0.1, 0.15) is 36.0 Å². The Hall–Kier alpha value is -3.20. The van der Waals surface area contributed by atoms with Gasteiger partial charge in [-0.1, -0.05) is 11.9 Å². The summed E-state index contributed by atoms with van der Waals surface area (Å²) < 4.78 is 17.3. The van der Waals surface area contributed by atoms with E-state index in [0.717, 1.165) is 40.4 Å². The molecule has 35 heavy (non-hydrogen) atoms. The maximum atomic E-state index is 12.2. The summed E-state index contributed by atoms with van der Waals surface area (Å²) in [6.45, 7) is 0.922. The van der Waals surface area contributed by atoms with Gasteiger partial charge in [-0.2, -0.15) is 0 Å². The Morgan fingerprint density at radius 1 is 1.14 bits per heavy atom. The number of benzene rings is 1. The Morgan fingerprint density at radius 3 is 2.60 bits per heavy atom. The molecule has 0 saturated heterocycles. The average molecular weight is 492 g/mol. The highest BCUT2D eigenvalue weighted by atomic mass is 32.2. The minimum Gasteiger partial charge on any atom is -0.494 e. The van der Waals surface area contributed by atoms with Crippen LogP contribution in [0.25, 0.3) is 33.6 Å². The molecule has 0 aliphatic heterocycles. The SMILES string of the molecule is COC(=O)c1cc(OC)c2c(c1)nc(-c1cc3ccc(N(SC)C4CC4)nc3n1CC1CC1)n2C. The number of aryl methyl sites for hydroxylation is 1. The Morgan fingerprint density at radius 2 is 1.94 bits per heavy atom. The fourth-order valence-corrected chi connectivity index (χ4v) is 5.64. The Bertz CT molecular complexity index is 1450. The van der Waals surface area contributed by atoms with E-state index in [1.165, 1.54) is 32.8 Å². The molecule has 2 aliphatic carbocycles. The summed E-state index contributed by atoms with van der Waals surface area (Å²) in [7, 11) is 4.97. The zero-order valence-electron chi connectivity index (χ0n) is 20.4. The lowest BCUT2D eigenvalue weighted by atomic mass is 10.2. The van der Waals surface area contributed by atoms with Gasteiger partial charge in [0.05, 0.1) is 31.0 Å². The highest BCUT2D eigenvalue weighted by Crippen LogP contribution is 2.39. The van der Waals surface area contributed by atoms with Crippen molar-refractivity contribution in [2.45, 2.75) is 38.3 Å². The molecule has 182 valence electrons. The molecule has 2 aliphatic rings. The molecule has 0 spiro atoms. The number of nitrogens with zero attached hydrogens (tertiary/aromatic N) is 5. The van der Waals surface area contributed by atoms with E-state index in [4.69, 9.17) is 19.4 Å². The van der Waals surface area contributed by atoms with Crippen LogP contribution in [0.2, 0.25) is 0 Å². The molecule has 3 heterocycles. The van der Waals surface area contributed by atoms with Gasteiger partial charge in [0.15, 0.2) is 5.82 Å². The molecule has 2 fully saturated rings. The van der Waals surface area contributed by atoms with Gasteiger partial charge in [-0.25, -0.2) is 14.8 Å². The minimum atomic E-state index is -0.411. The predicted molar refractivity (Wildman–Crippen MR) is 139 cm³/mol. The second-order valence-corrected chi connectivity index (χ2v) is 10.2. The molecule has 4 aromatic rings. The highest BCUT2D eigenvalue weighted by Gasteiger charge is 2.31. The number of pyridine rings is 1. The molecule has 0 radical (unpaired) electrons. The van der Waals surface area contributed by atoms with Crippen LogP contribution in [0.3, 0.4) is 0 Å². The zero-order chi connectivity index (χ0) is 24.3. The third kappa shape index (κ3) is 3.82. The fourth-order valence-electron chi connectivity index (χ4n) is 4.84. The van der Waals surface area contributed by atoms with E-state index >= 15 is 0 Å². The van der Waals surface area contributed by atoms with E-state index in [1.807, 2.05) is 11.6 Å². The lowest BCUT2D eigenvalue weighted by Crippen LogP contribution is -2.17. The molecule has 3 aromatic heterocycles. The van der Waals surface area contributed by atoms with Crippen LogP contribution in [0.4, 0.5) is 5.82 Å². The monoisotopic (exact) mass is 491 g/mol. The summed E-state index contributed by atoms with van der Waals surface area (Å²) in [6, 6.07) is 10.5. The number of methoxy groups -OCH3 is 2. The molecule has 8 nitrogen and oxygen atoms in total. The quantitative estimate of drug-likeness (QED) is 0.252. The Kier molecular flexibility index (Phi) is 5.40. The Balaban J connectivity index is 1.53. The first-order chi connectivity index (χ1) is 17.0. The van der Waals surface area contributed by atoms with Crippen molar-refractivity contribution in [3.63, 3.8) is 0 Å². The second-order valence-electron chi connectivity index (χ2n) is 9.44. The maximum absolute atomic E-state index is 12.2. The summed E-state index contributed by atoms with van der Waals surface area (Å²) in [4.78, 5) is 22.3. The molecule has 0 atom stereocenters. The predicted octanol–water partition coefficient (Wildman–Crippen LogP) is 5.04. The van der Waals surface area contributed by atoms with Crippen LogP contribution < -0.4 is 9.04 Å². The van der Waals surface area contributed by atoms with Crippen LogP contribution in [-0.2, 0) is 18.3 Å². The van der Waals surface area contributed by atoms with E-state index in [-0.39, 0.29) is 0 Å².